The largest absolute Gasteiger partial charge is 0.392 e. The predicted octanol–water partition coefficient (Wildman–Crippen LogP) is 0.709. The van der Waals surface area contributed by atoms with Gasteiger partial charge in [-0.05, 0) is 12.1 Å². The van der Waals surface area contributed by atoms with Crippen molar-refractivity contribution >= 4 is 11.4 Å². The third-order valence-corrected chi connectivity index (χ3v) is 1.93. The average molecular weight is 192 g/mol. The summed E-state index contributed by atoms with van der Waals surface area (Å²) in [6.07, 6.45) is 1.81. The summed E-state index contributed by atoms with van der Waals surface area (Å²) in [5, 5.41) is 5.98. The van der Waals surface area contributed by atoms with Crippen LogP contribution in [-0.4, -0.2) is 14.1 Å². The van der Waals surface area contributed by atoms with Crippen molar-refractivity contribution < 1.29 is 0 Å². The highest BCUT2D eigenvalue weighted by molar-refractivity contribution is 5.65. The van der Waals surface area contributed by atoms with Gasteiger partial charge in [-0.15, -0.1) is 0 Å². The van der Waals surface area contributed by atoms with Crippen LogP contribution in [0.25, 0.3) is 5.70 Å². The molecule has 5 N–H and O–H groups in total. The van der Waals surface area contributed by atoms with Crippen LogP contribution in [0, 0.1) is 0 Å². The maximum Gasteiger partial charge on any atom is 0.0715 e. The van der Waals surface area contributed by atoms with Gasteiger partial charge < -0.3 is 16.1 Å². The molecule has 0 fully saturated rings. The van der Waals surface area contributed by atoms with Crippen LogP contribution in [0.3, 0.4) is 0 Å². The van der Waals surface area contributed by atoms with Gasteiger partial charge in [-0.1, -0.05) is 12.1 Å². The van der Waals surface area contributed by atoms with Gasteiger partial charge in [0.05, 0.1) is 5.70 Å². The lowest BCUT2D eigenvalue weighted by atomic mass is 10.1. The number of anilines is 1. The molecule has 0 aromatic heterocycles. The number of nitrogens with two attached hydrogens (primary N) is 1. The Morgan fingerprint density at radius 2 is 1.86 bits per heavy atom. The van der Waals surface area contributed by atoms with E-state index in [1.807, 2.05) is 44.6 Å². The van der Waals surface area contributed by atoms with Crippen LogP contribution in [0.4, 0.5) is 5.69 Å². The zero-order chi connectivity index (χ0) is 10.4. The number of nitrogens with one attached hydrogen (secondary N) is 3. The van der Waals surface area contributed by atoms with Gasteiger partial charge in [0, 0.05) is 31.5 Å². The van der Waals surface area contributed by atoms with E-state index in [0.717, 1.165) is 16.9 Å². The normalized spacial score (nSPS) is 10.9. The minimum absolute atomic E-state index is 0.857. The lowest BCUT2D eigenvalue weighted by Gasteiger charge is -2.07. The van der Waals surface area contributed by atoms with Crippen molar-refractivity contribution in [2.75, 3.05) is 19.4 Å². The summed E-state index contributed by atoms with van der Waals surface area (Å²) in [6.45, 7) is 0. The highest BCUT2D eigenvalue weighted by atomic mass is 15.2. The van der Waals surface area contributed by atoms with Gasteiger partial charge in [0.25, 0.3) is 0 Å². The molecular formula is C10H16N4. The first kappa shape index (κ1) is 10.4. The Bertz CT molecular complexity index is 302. The second-order valence-corrected chi connectivity index (χ2v) is 2.82. The fraction of sp³-hybridized carbons (Fsp3) is 0.200. The van der Waals surface area contributed by atoms with E-state index in [4.69, 9.17) is 5.84 Å². The van der Waals surface area contributed by atoms with E-state index in [1.54, 1.807) is 0 Å². The monoisotopic (exact) mass is 192 g/mol. The van der Waals surface area contributed by atoms with E-state index in [-0.39, 0.29) is 0 Å². The number of benzene rings is 1. The van der Waals surface area contributed by atoms with Crippen LogP contribution in [0.2, 0.25) is 0 Å². The molecule has 1 rings (SSSR count). The number of rotatable bonds is 4. The van der Waals surface area contributed by atoms with Gasteiger partial charge in [0.2, 0.25) is 0 Å². The summed E-state index contributed by atoms with van der Waals surface area (Å²) < 4.78 is 0. The standard InChI is InChI=1S/C10H16N4/c1-12-7-10(14-11)8-3-5-9(13-2)6-4-8/h3-7,12-14H,11H2,1-2H3/b10-7-. The second kappa shape index (κ2) is 5.14. The summed E-state index contributed by atoms with van der Waals surface area (Å²) in [5.74, 6) is 5.39. The summed E-state index contributed by atoms with van der Waals surface area (Å²) >= 11 is 0. The molecule has 1 aromatic carbocycles. The lowest BCUT2D eigenvalue weighted by molar-refractivity contribution is 0.968. The van der Waals surface area contributed by atoms with Crippen molar-refractivity contribution in [1.82, 2.24) is 10.7 Å². The number of hydrogen-bond donors (Lipinski definition) is 4. The molecule has 4 nitrogen and oxygen atoms in total. The topological polar surface area (TPSA) is 62.1 Å². The first-order valence-electron chi connectivity index (χ1n) is 4.44. The Kier molecular flexibility index (Phi) is 3.82. The molecule has 1 aromatic rings. The van der Waals surface area contributed by atoms with Crippen molar-refractivity contribution in [2.45, 2.75) is 0 Å². The van der Waals surface area contributed by atoms with Gasteiger partial charge >= 0.3 is 0 Å². The smallest absolute Gasteiger partial charge is 0.0715 e. The highest BCUT2D eigenvalue weighted by Gasteiger charge is 1.98. The number of hydrogen-bond acceptors (Lipinski definition) is 4. The van der Waals surface area contributed by atoms with E-state index >= 15 is 0 Å². The van der Waals surface area contributed by atoms with E-state index in [9.17, 15) is 0 Å². The molecule has 0 heterocycles. The van der Waals surface area contributed by atoms with Crippen molar-refractivity contribution in [3.63, 3.8) is 0 Å². The van der Waals surface area contributed by atoms with Crippen molar-refractivity contribution in [3.05, 3.63) is 36.0 Å². The molecule has 0 aliphatic carbocycles. The molecule has 0 radical (unpaired) electrons. The Morgan fingerprint density at radius 1 is 1.21 bits per heavy atom. The third-order valence-electron chi connectivity index (χ3n) is 1.93. The second-order valence-electron chi connectivity index (χ2n) is 2.82. The number of hydrazine groups is 1. The Balaban J connectivity index is 2.89. The molecule has 0 aliphatic rings. The average Bonchev–Trinajstić information content (AvgIpc) is 2.26. The fourth-order valence-corrected chi connectivity index (χ4v) is 1.17. The molecule has 76 valence electrons. The maximum atomic E-state index is 5.39. The van der Waals surface area contributed by atoms with Gasteiger partial charge in [-0.25, -0.2) is 0 Å². The van der Waals surface area contributed by atoms with E-state index in [2.05, 4.69) is 16.1 Å². The maximum absolute atomic E-state index is 5.39. The minimum Gasteiger partial charge on any atom is -0.392 e. The molecule has 4 heteroatoms. The summed E-state index contributed by atoms with van der Waals surface area (Å²) in [5.41, 5.74) is 5.61. The molecule has 0 aliphatic heterocycles. The SMILES string of the molecule is CN/C=C(\NN)c1ccc(NC)cc1. The predicted molar refractivity (Wildman–Crippen MR) is 60.3 cm³/mol. The summed E-state index contributed by atoms with van der Waals surface area (Å²) in [4.78, 5) is 0. The van der Waals surface area contributed by atoms with E-state index in [0.29, 0.717) is 0 Å². The van der Waals surface area contributed by atoms with Crippen LogP contribution in [0.5, 0.6) is 0 Å². The van der Waals surface area contributed by atoms with Crippen LogP contribution in [0.1, 0.15) is 5.56 Å². The molecule has 0 spiro atoms. The van der Waals surface area contributed by atoms with Gasteiger partial charge in [0.15, 0.2) is 0 Å². The summed E-state index contributed by atoms with van der Waals surface area (Å²) in [7, 11) is 3.72. The molecular weight excluding hydrogens is 176 g/mol. The molecule has 0 atom stereocenters. The Hall–Kier alpha value is -1.68. The van der Waals surface area contributed by atoms with Gasteiger partial charge in [0.1, 0.15) is 0 Å². The first-order chi connectivity index (χ1) is 6.81. The molecule has 0 unspecified atom stereocenters. The van der Waals surface area contributed by atoms with E-state index in [1.165, 1.54) is 0 Å². The molecule has 0 amide bonds. The molecule has 0 saturated carbocycles. The van der Waals surface area contributed by atoms with Crippen molar-refractivity contribution in [2.24, 2.45) is 5.84 Å². The molecule has 0 saturated heterocycles. The first-order valence-corrected chi connectivity index (χ1v) is 4.44. The van der Waals surface area contributed by atoms with Crippen LogP contribution < -0.4 is 21.9 Å². The van der Waals surface area contributed by atoms with Crippen molar-refractivity contribution in [3.8, 4) is 0 Å². The fourth-order valence-electron chi connectivity index (χ4n) is 1.17. The van der Waals surface area contributed by atoms with Crippen LogP contribution in [0.15, 0.2) is 30.5 Å². The third kappa shape index (κ3) is 2.40. The molecule has 0 bridgehead atoms. The van der Waals surface area contributed by atoms with Gasteiger partial charge in [-0.3, -0.25) is 5.84 Å². The highest BCUT2D eigenvalue weighted by Crippen LogP contribution is 2.13. The summed E-state index contributed by atoms with van der Waals surface area (Å²) in [6, 6.07) is 7.98. The van der Waals surface area contributed by atoms with E-state index < -0.39 is 0 Å². The van der Waals surface area contributed by atoms with Crippen LogP contribution >= 0.6 is 0 Å². The van der Waals surface area contributed by atoms with Crippen molar-refractivity contribution in [1.29, 1.82) is 0 Å². The Morgan fingerprint density at radius 3 is 2.29 bits per heavy atom. The zero-order valence-electron chi connectivity index (χ0n) is 8.46. The molecule has 14 heavy (non-hydrogen) atoms. The minimum atomic E-state index is 0.857. The zero-order valence-corrected chi connectivity index (χ0v) is 8.46. The Labute approximate surface area is 84.2 Å². The van der Waals surface area contributed by atoms with Gasteiger partial charge in [-0.2, -0.15) is 0 Å². The quantitative estimate of drug-likeness (QED) is 0.419. The van der Waals surface area contributed by atoms with Crippen LogP contribution in [-0.2, 0) is 0 Å². The lowest BCUT2D eigenvalue weighted by Crippen LogP contribution is -2.21.